The predicted octanol–water partition coefficient (Wildman–Crippen LogP) is 4.17. The molecule has 2 aliphatic rings. The molecule has 2 amide bonds. The number of amides is 2. The molecule has 0 N–H and O–H groups in total. The quantitative estimate of drug-likeness (QED) is 0.558. The lowest BCUT2D eigenvalue weighted by atomic mass is 10.0. The first-order valence-corrected chi connectivity index (χ1v) is 12.0. The molecular weight excluding hydrogens is 463 g/mol. The number of aromatic nitrogens is 1. The van der Waals surface area contributed by atoms with E-state index in [9.17, 15) is 14.0 Å². The minimum atomic E-state index is -0.456. The largest absolute Gasteiger partial charge is 0.334 e. The molecule has 2 fully saturated rings. The number of piperazine rings is 1. The zero-order valence-corrected chi connectivity index (χ0v) is 19.4. The maximum absolute atomic E-state index is 13.5. The van der Waals surface area contributed by atoms with Crippen LogP contribution in [0, 0.1) is 5.82 Å². The van der Waals surface area contributed by atoms with Gasteiger partial charge in [-0.25, -0.2) is 9.37 Å². The summed E-state index contributed by atoms with van der Waals surface area (Å²) in [5.41, 5.74) is 2.49. The van der Waals surface area contributed by atoms with Crippen LogP contribution in [-0.4, -0.2) is 65.4 Å². The van der Waals surface area contributed by atoms with Crippen LogP contribution < -0.4 is 4.90 Å². The Morgan fingerprint density at radius 2 is 1.88 bits per heavy atom. The lowest BCUT2D eigenvalue weighted by Gasteiger charge is -2.37. The number of thiazole rings is 1. The van der Waals surface area contributed by atoms with Crippen LogP contribution >= 0.6 is 22.9 Å². The first kappa shape index (κ1) is 22.0. The molecule has 3 heterocycles. The van der Waals surface area contributed by atoms with Crippen molar-refractivity contribution >= 4 is 40.4 Å². The molecule has 0 spiro atoms. The van der Waals surface area contributed by atoms with Crippen LogP contribution in [0.15, 0.2) is 54.0 Å². The van der Waals surface area contributed by atoms with Gasteiger partial charge in [0.2, 0.25) is 5.91 Å². The van der Waals surface area contributed by atoms with E-state index in [2.05, 4.69) is 9.88 Å². The molecule has 1 atom stereocenters. The number of nitrogens with zero attached hydrogens (tertiary/aromatic N) is 4. The van der Waals surface area contributed by atoms with Crippen molar-refractivity contribution in [2.75, 3.05) is 37.6 Å². The average molecular weight is 485 g/mol. The summed E-state index contributed by atoms with van der Waals surface area (Å²) in [7, 11) is 0. The molecule has 170 valence electrons. The molecular formula is C24H22ClFN4O2S. The molecule has 1 aromatic heterocycles. The maximum Gasteiger partial charge on any atom is 0.282 e. The lowest BCUT2D eigenvalue weighted by molar-refractivity contribution is -0.117. The van der Waals surface area contributed by atoms with Crippen molar-refractivity contribution in [2.45, 2.75) is 12.5 Å². The van der Waals surface area contributed by atoms with Gasteiger partial charge in [0.1, 0.15) is 5.82 Å². The summed E-state index contributed by atoms with van der Waals surface area (Å²) in [5.74, 6) is -0.398. The van der Waals surface area contributed by atoms with E-state index in [0.717, 1.165) is 29.9 Å². The highest BCUT2D eigenvalue weighted by Gasteiger charge is 2.36. The molecule has 9 heteroatoms. The SMILES string of the molecule is O=C(c1nccs1)N1CCN(C2CC(=O)N(c3cccc(-c4ccc(F)c(Cl)c4)c3)C2)CC1. The van der Waals surface area contributed by atoms with Crippen molar-refractivity contribution in [3.8, 4) is 11.1 Å². The van der Waals surface area contributed by atoms with E-state index >= 15 is 0 Å². The van der Waals surface area contributed by atoms with Gasteiger partial charge in [-0.05, 0) is 35.4 Å². The van der Waals surface area contributed by atoms with Crippen LogP contribution in [0.2, 0.25) is 5.02 Å². The molecule has 2 saturated heterocycles. The fraction of sp³-hybridized carbons (Fsp3) is 0.292. The topological polar surface area (TPSA) is 56.8 Å². The third-order valence-corrected chi connectivity index (χ3v) is 7.30. The van der Waals surface area contributed by atoms with E-state index in [1.165, 1.54) is 17.4 Å². The fourth-order valence-corrected chi connectivity index (χ4v) is 5.25. The average Bonchev–Trinajstić information content (AvgIpc) is 3.51. The Morgan fingerprint density at radius 1 is 1.09 bits per heavy atom. The first-order valence-electron chi connectivity index (χ1n) is 10.8. The summed E-state index contributed by atoms with van der Waals surface area (Å²) < 4.78 is 13.5. The van der Waals surface area contributed by atoms with Crippen molar-refractivity contribution in [2.24, 2.45) is 0 Å². The fourth-order valence-electron chi connectivity index (χ4n) is 4.47. The highest BCUT2D eigenvalue weighted by Crippen LogP contribution is 2.31. The molecule has 0 radical (unpaired) electrons. The molecule has 0 bridgehead atoms. The molecule has 3 aromatic rings. The highest BCUT2D eigenvalue weighted by atomic mass is 35.5. The molecule has 2 aliphatic heterocycles. The predicted molar refractivity (Wildman–Crippen MR) is 127 cm³/mol. The van der Waals surface area contributed by atoms with Crippen LogP contribution in [0.3, 0.4) is 0 Å². The van der Waals surface area contributed by atoms with Crippen molar-refractivity contribution in [3.63, 3.8) is 0 Å². The van der Waals surface area contributed by atoms with Crippen molar-refractivity contribution in [1.29, 1.82) is 0 Å². The maximum atomic E-state index is 13.5. The van der Waals surface area contributed by atoms with E-state index in [1.807, 2.05) is 39.4 Å². The van der Waals surface area contributed by atoms with Gasteiger partial charge in [-0.3, -0.25) is 14.5 Å². The van der Waals surface area contributed by atoms with E-state index in [1.54, 1.807) is 18.3 Å². The number of halogens is 2. The summed E-state index contributed by atoms with van der Waals surface area (Å²) in [5, 5.41) is 2.40. The van der Waals surface area contributed by atoms with Crippen LogP contribution in [0.4, 0.5) is 10.1 Å². The van der Waals surface area contributed by atoms with E-state index in [-0.39, 0.29) is 22.9 Å². The van der Waals surface area contributed by atoms with Crippen molar-refractivity contribution in [1.82, 2.24) is 14.8 Å². The molecule has 6 nitrogen and oxygen atoms in total. The Bertz CT molecular complexity index is 1180. The number of benzene rings is 2. The van der Waals surface area contributed by atoms with E-state index < -0.39 is 5.82 Å². The monoisotopic (exact) mass is 484 g/mol. The van der Waals surface area contributed by atoms with Crippen LogP contribution in [-0.2, 0) is 4.79 Å². The minimum absolute atomic E-state index is 0.0218. The highest BCUT2D eigenvalue weighted by molar-refractivity contribution is 7.11. The second kappa shape index (κ2) is 9.21. The van der Waals surface area contributed by atoms with Gasteiger partial charge >= 0.3 is 0 Å². The number of hydrogen-bond acceptors (Lipinski definition) is 5. The Morgan fingerprint density at radius 3 is 2.61 bits per heavy atom. The van der Waals surface area contributed by atoms with Gasteiger partial charge in [-0.2, -0.15) is 0 Å². The normalized spacial score (nSPS) is 19.3. The number of carbonyl (C=O) groups excluding carboxylic acids is 2. The standard InChI is InChI=1S/C24H22ClFN4O2S/c25-20-13-17(4-5-21(20)26)16-2-1-3-18(12-16)30-15-19(14-22(30)31)28-7-9-29(10-8-28)24(32)23-27-6-11-33-23/h1-6,11-13,19H,7-10,14-15H2. The summed E-state index contributed by atoms with van der Waals surface area (Å²) in [6, 6.07) is 12.4. The third-order valence-electron chi connectivity index (χ3n) is 6.25. The van der Waals surface area contributed by atoms with Crippen LogP contribution in [0.1, 0.15) is 16.2 Å². The second-order valence-corrected chi connectivity index (χ2v) is 9.51. The Kier molecular flexibility index (Phi) is 6.14. The first-order chi connectivity index (χ1) is 16.0. The zero-order chi connectivity index (χ0) is 22.9. The van der Waals surface area contributed by atoms with Crippen LogP contribution in [0.5, 0.6) is 0 Å². The Hall–Kier alpha value is -2.81. The molecule has 33 heavy (non-hydrogen) atoms. The van der Waals surface area contributed by atoms with E-state index in [4.69, 9.17) is 11.6 Å². The molecule has 5 rings (SSSR count). The Balaban J connectivity index is 1.25. The van der Waals surface area contributed by atoms with Gasteiger partial charge in [0.15, 0.2) is 5.01 Å². The van der Waals surface area contributed by atoms with Crippen molar-refractivity contribution in [3.05, 3.63) is 69.9 Å². The molecule has 2 aromatic carbocycles. The van der Waals surface area contributed by atoms with Gasteiger partial charge < -0.3 is 9.80 Å². The second-order valence-electron chi connectivity index (χ2n) is 8.21. The number of hydrogen-bond donors (Lipinski definition) is 0. The van der Waals surface area contributed by atoms with Gasteiger partial charge in [-0.1, -0.05) is 29.8 Å². The molecule has 1 unspecified atom stereocenters. The van der Waals surface area contributed by atoms with Gasteiger partial charge in [-0.15, -0.1) is 11.3 Å². The third kappa shape index (κ3) is 4.51. The van der Waals surface area contributed by atoms with Crippen LogP contribution in [0.25, 0.3) is 11.1 Å². The summed E-state index contributed by atoms with van der Waals surface area (Å²) >= 11 is 7.30. The van der Waals surface area contributed by atoms with Gasteiger partial charge in [0, 0.05) is 62.5 Å². The summed E-state index contributed by atoms with van der Waals surface area (Å²) in [4.78, 5) is 35.5. The van der Waals surface area contributed by atoms with Crippen molar-refractivity contribution < 1.29 is 14.0 Å². The number of carbonyl (C=O) groups is 2. The van der Waals surface area contributed by atoms with Gasteiger partial charge in [0.25, 0.3) is 5.91 Å². The molecule has 0 aliphatic carbocycles. The number of anilines is 1. The van der Waals surface area contributed by atoms with E-state index in [0.29, 0.717) is 31.1 Å². The zero-order valence-electron chi connectivity index (χ0n) is 17.8. The molecule has 0 saturated carbocycles. The smallest absolute Gasteiger partial charge is 0.282 e. The lowest BCUT2D eigenvalue weighted by Crippen LogP contribution is -2.52. The minimum Gasteiger partial charge on any atom is -0.334 e. The number of rotatable bonds is 4. The summed E-state index contributed by atoms with van der Waals surface area (Å²) in [6.07, 6.45) is 2.10. The summed E-state index contributed by atoms with van der Waals surface area (Å²) in [6.45, 7) is 3.33. The van der Waals surface area contributed by atoms with Gasteiger partial charge in [0.05, 0.1) is 5.02 Å². The Labute approximate surface area is 200 Å².